The van der Waals surface area contributed by atoms with Gasteiger partial charge < -0.3 is 15.1 Å². The maximum atomic E-state index is 11.9. The number of benzene rings is 1. The molecule has 1 aromatic heterocycles. The topological polar surface area (TPSA) is 67.2 Å². The average molecular weight is 259 g/mol. The molecule has 0 unspecified atom stereocenters. The lowest BCUT2D eigenvalue weighted by atomic mass is 10.1. The minimum Gasteiger partial charge on any atom is -0.439 e. The molecule has 0 atom stereocenters. The van der Waals surface area contributed by atoms with Crippen LogP contribution in [0.1, 0.15) is 31.5 Å². The molecule has 0 saturated carbocycles. The molecule has 1 aromatic carbocycles. The summed E-state index contributed by atoms with van der Waals surface area (Å²) in [7, 11) is 0. The number of nitrogens with one attached hydrogen (secondary N) is 2. The van der Waals surface area contributed by atoms with Crippen molar-refractivity contribution >= 4 is 17.4 Å². The molecule has 5 nitrogen and oxygen atoms in total. The molecule has 0 fully saturated rings. The molecule has 2 rings (SSSR count). The SMILES string of the molecule is CC(C)(C)Nc1coc(C(=O)Nc2ccccc2)n1. The Morgan fingerprint density at radius 2 is 1.89 bits per heavy atom. The number of anilines is 2. The Balaban J connectivity index is 2.04. The average Bonchev–Trinajstić information content (AvgIpc) is 2.76. The third kappa shape index (κ3) is 3.84. The Hall–Kier alpha value is -2.30. The molecule has 1 amide bonds. The number of para-hydroxylation sites is 1. The number of oxazole rings is 1. The van der Waals surface area contributed by atoms with Gasteiger partial charge in [-0.1, -0.05) is 18.2 Å². The van der Waals surface area contributed by atoms with E-state index in [1.54, 1.807) is 12.1 Å². The van der Waals surface area contributed by atoms with Crippen molar-refractivity contribution in [3.8, 4) is 0 Å². The molecule has 2 N–H and O–H groups in total. The summed E-state index contributed by atoms with van der Waals surface area (Å²) < 4.78 is 5.16. The van der Waals surface area contributed by atoms with E-state index in [0.717, 1.165) is 0 Å². The smallest absolute Gasteiger partial charge is 0.311 e. The van der Waals surface area contributed by atoms with Gasteiger partial charge in [-0.15, -0.1) is 0 Å². The van der Waals surface area contributed by atoms with Crippen molar-refractivity contribution in [3.05, 3.63) is 42.5 Å². The van der Waals surface area contributed by atoms with Crippen LogP contribution in [0, 0.1) is 0 Å². The Labute approximate surface area is 112 Å². The second-order valence-corrected chi connectivity index (χ2v) is 5.23. The van der Waals surface area contributed by atoms with Crippen LogP contribution >= 0.6 is 0 Å². The molecule has 19 heavy (non-hydrogen) atoms. The van der Waals surface area contributed by atoms with E-state index in [9.17, 15) is 4.79 Å². The number of hydrogen-bond donors (Lipinski definition) is 2. The van der Waals surface area contributed by atoms with Crippen molar-refractivity contribution in [1.82, 2.24) is 4.98 Å². The first-order valence-electron chi connectivity index (χ1n) is 6.04. The zero-order valence-corrected chi connectivity index (χ0v) is 11.2. The van der Waals surface area contributed by atoms with Crippen LogP contribution in [0.4, 0.5) is 11.5 Å². The van der Waals surface area contributed by atoms with E-state index in [4.69, 9.17) is 4.42 Å². The van der Waals surface area contributed by atoms with E-state index >= 15 is 0 Å². The van der Waals surface area contributed by atoms with Gasteiger partial charge in [0.1, 0.15) is 6.26 Å². The van der Waals surface area contributed by atoms with Gasteiger partial charge in [0.15, 0.2) is 5.82 Å². The molecule has 0 aliphatic rings. The largest absolute Gasteiger partial charge is 0.439 e. The number of hydrogen-bond acceptors (Lipinski definition) is 4. The van der Waals surface area contributed by atoms with Crippen molar-refractivity contribution in [2.45, 2.75) is 26.3 Å². The predicted molar refractivity (Wildman–Crippen MR) is 74.3 cm³/mol. The Kier molecular flexibility index (Phi) is 3.55. The summed E-state index contributed by atoms with van der Waals surface area (Å²) in [5.41, 5.74) is 0.570. The second kappa shape index (κ2) is 5.14. The highest BCUT2D eigenvalue weighted by Crippen LogP contribution is 2.15. The monoisotopic (exact) mass is 259 g/mol. The molecular weight excluding hydrogens is 242 g/mol. The Morgan fingerprint density at radius 1 is 1.21 bits per heavy atom. The van der Waals surface area contributed by atoms with E-state index in [2.05, 4.69) is 15.6 Å². The molecular formula is C14H17N3O2. The molecule has 0 radical (unpaired) electrons. The van der Waals surface area contributed by atoms with Gasteiger partial charge in [0.25, 0.3) is 5.89 Å². The minimum atomic E-state index is -0.367. The van der Waals surface area contributed by atoms with Crippen LogP contribution < -0.4 is 10.6 Å². The lowest BCUT2D eigenvalue weighted by Crippen LogP contribution is -2.26. The Bertz CT molecular complexity index is 556. The first-order chi connectivity index (χ1) is 8.94. The van der Waals surface area contributed by atoms with Gasteiger partial charge in [-0.05, 0) is 32.9 Å². The molecule has 0 aliphatic heterocycles. The highest BCUT2D eigenvalue weighted by molar-refractivity contribution is 6.01. The van der Waals surface area contributed by atoms with Gasteiger partial charge in [0.05, 0.1) is 0 Å². The van der Waals surface area contributed by atoms with Gasteiger partial charge in [0, 0.05) is 11.2 Å². The number of carbonyl (C=O) groups excluding carboxylic acids is 1. The van der Waals surface area contributed by atoms with Crippen LogP contribution in [0.15, 0.2) is 41.0 Å². The molecule has 100 valence electrons. The standard InChI is InChI=1S/C14H17N3O2/c1-14(2,3)17-11-9-19-13(16-11)12(18)15-10-7-5-4-6-8-10/h4-9,17H,1-3H3,(H,15,18). The summed E-state index contributed by atoms with van der Waals surface area (Å²) in [6.07, 6.45) is 1.44. The maximum Gasteiger partial charge on any atom is 0.311 e. The van der Waals surface area contributed by atoms with Gasteiger partial charge in [-0.3, -0.25) is 4.79 Å². The maximum absolute atomic E-state index is 11.9. The first kappa shape index (κ1) is 13.1. The summed E-state index contributed by atoms with van der Waals surface area (Å²) in [4.78, 5) is 16.0. The van der Waals surface area contributed by atoms with Crippen molar-refractivity contribution in [3.63, 3.8) is 0 Å². The molecule has 0 aliphatic carbocycles. The normalized spacial score (nSPS) is 11.1. The third-order valence-corrected chi connectivity index (χ3v) is 2.23. The minimum absolute atomic E-state index is 0.0376. The van der Waals surface area contributed by atoms with Crippen molar-refractivity contribution in [2.75, 3.05) is 10.6 Å². The van der Waals surface area contributed by atoms with E-state index < -0.39 is 0 Å². The van der Waals surface area contributed by atoms with Crippen LogP contribution in [0.5, 0.6) is 0 Å². The molecule has 5 heteroatoms. The highest BCUT2D eigenvalue weighted by atomic mass is 16.4. The van der Waals surface area contributed by atoms with E-state index in [1.165, 1.54) is 6.26 Å². The number of carbonyl (C=O) groups is 1. The van der Waals surface area contributed by atoms with Crippen LogP contribution in [0.2, 0.25) is 0 Å². The van der Waals surface area contributed by atoms with Gasteiger partial charge in [0.2, 0.25) is 0 Å². The highest BCUT2D eigenvalue weighted by Gasteiger charge is 2.16. The van der Waals surface area contributed by atoms with Crippen molar-refractivity contribution < 1.29 is 9.21 Å². The molecule has 0 saturated heterocycles. The van der Waals surface area contributed by atoms with Gasteiger partial charge in [-0.25, -0.2) is 0 Å². The molecule has 0 spiro atoms. The van der Waals surface area contributed by atoms with Crippen LogP contribution in [0.25, 0.3) is 0 Å². The van der Waals surface area contributed by atoms with Crippen molar-refractivity contribution in [1.29, 1.82) is 0 Å². The second-order valence-electron chi connectivity index (χ2n) is 5.23. The molecule has 2 aromatic rings. The first-order valence-corrected chi connectivity index (χ1v) is 6.04. The third-order valence-electron chi connectivity index (χ3n) is 2.23. The predicted octanol–water partition coefficient (Wildman–Crippen LogP) is 3.14. The number of aromatic nitrogens is 1. The van der Waals surface area contributed by atoms with Crippen LogP contribution in [-0.4, -0.2) is 16.4 Å². The quantitative estimate of drug-likeness (QED) is 0.888. The van der Waals surface area contributed by atoms with Gasteiger partial charge in [-0.2, -0.15) is 4.98 Å². The number of rotatable bonds is 3. The van der Waals surface area contributed by atoms with E-state index in [-0.39, 0.29) is 17.3 Å². The summed E-state index contributed by atoms with van der Waals surface area (Å²) in [6.45, 7) is 6.02. The van der Waals surface area contributed by atoms with Gasteiger partial charge >= 0.3 is 5.91 Å². The van der Waals surface area contributed by atoms with E-state index in [1.807, 2.05) is 39.0 Å². The molecule has 0 bridgehead atoms. The van der Waals surface area contributed by atoms with Crippen LogP contribution in [0.3, 0.4) is 0 Å². The summed E-state index contributed by atoms with van der Waals surface area (Å²) in [5, 5.41) is 5.85. The Morgan fingerprint density at radius 3 is 2.53 bits per heavy atom. The summed E-state index contributed by atoms with van der Waals surface area (Å²) >= 11 is 0. The number of nitrogens with zero attached hydrogens (tertiary/aromatic N) is 1. The van der Waals surface area contributed by atoms with Crippen molar-refractivity contribution in [2.24, 2.45) is 0 Å². The summed E-state index contributed by atoms with van der Waals surface area (Å²) in [5.74, 6) is 0.217. The fourth-order valence-electron chi connectivity index (χ4n) is 1.53. The molecule has 1 heterocycles. The number of amides is 1. The lowest BCUT2D eigenvalue weighted by Gasteiger charge is -2.19. The van der Waals surface area contributed by atoms with Crippen LogP contribution in [-0.2, 0) is 0 Å². The van der Waals surface area contributed by atoms with E-state index in [0.29, 0.717) is 11.5 Å². The summed E-state index contributed by atoms with van der Waals surface area (Å²) in [6, 6.07) is 9.17. The fraction of sp³-hybridized carbons (Fsp3) is 0.286. The zero-order chi connectivity index (χ0) is 13.9. The zero-order valence-electron chi connectivity index (χ0n) is 11.2. The lowest BCUT2D eigenvalue weighted by molar-refractivity contribution is 0.0990. The fourth-order valence-corrected chi connectivity index (χ4v) is 1.53.